The van der Waals surface area contributed by atoms with Crippen molar-refractivity contribution in [3.63, 3.8) is 0 Å². The second-order valence-electron chi connectivity index (χ2n) is 2.43. The first kappa shape index (κ1) is 10.1. The van der Waals surface area contributed by atoms with Gasteiger partial charge >= 0.3 is 0 Å². The molecule has 0 aliphatic heterocycles. The Morgan fingerprint density at radius 1 is 1.31 bits per heavy atom. The molecule has 0 unspecified atom stereocenters. The molecule has 0 aliphatic rings. The highest BCUT2D eigenvalue weighted by Gasteiger charge is 2.08. The van der Waals surface area contributed by atoms with Gasteiger partial charge in [0.05, 0.1) is 14.2 Å². The van der Waals surface area contributed by atoms with Crippen LogP contribution < -0.4 is 9.47 Å². The van der Waals surface area contributed by atoms with E-state index in [-0.39, 0.29) is 0 Å². The predicted octanol–water partition coefficient (Wildman–Crippen LogP) is 3.11. The molecule has 0 amide bonds. The van der Waals surface area contributed by atoms with Crippen LogP contribution in [-0.4, -0.2) is 14.2 Å². The first-order valence-electron chi connectivity index (χ1n) is 3.77. The quantitative estimate of drug-likeness (QED) is 0.812. The van der Waals surface area contributed by atoms with Gasteiger partial charge in [-0.3, -0.25) is 0 Å². The third-order valence-electron chi connectivity index (χ3n) is 1.69. The highest BCUT2D eigenvalue weighted by atomic mass is 79.9. The van der Waals surface area contributed by atoms with Gasteiger partial charge in [0.1, 0.15) is 0 Å². The molecule has 2 nitrogen and oxygen atoms in total. The molecule has 1 aromatic rings. The van der Waals surface area contributed by atoms with Crippen molar-refractivity contribution < 1.29 is 9.47 Å². The third-order valence-corrected chi connectivity index (χ3v) is 2.15. The van der Waals surface area contributed by atoms with Crippen LogP contribution >= 0.6 is 15.9 Å². The Morgan fingerprint density at radius 2 is 2.00 bits per heavy atom. The van der Waals surface area contributed by atoms with Crippen LogP contribution in [0.2, 0.25) is 0 Å². The van der Waals surface area contributed by atoms with Crippen LogP contribution in [0.25, 0.3) is 6.08 Å². The van der Waals surface area contributed by atoms with Gasteiger partial charge in [0, 0.05) is 10.0 Å². The predicted molar refractivity (Wildman–Crippen MR) is 57.3 cm³/mol. The average Bonchev–Trinajstić information content (AvgIpc) is 2.16. The second kappa shape index (κ2) is 4.33. The molecule has 1 rings (SSSR count). The van der Waals surface area contributed by atoms with E-state index in [1.54, 1.807) is 20.3 Å². The van der Waals surface area contributed by atoms with Crippen molar-refractivity contribution in [1.82, 2.24) is 0 Å². The normalized spacial score (nSPS) is 9.46. The van der Waals surface area contributed by atoms with Crippen molar-refractivity contribution in [3.8, 4) is 11.5 Å². The summed E-state index contributed by atoms with van der Waals surface area (Å²) in [6.07, 6.45) is 1.73. The summed E-state index contributed by atoms with van der Waals surface area (Å²) in [5, 5.41) is 0. The van der Waals surface area contributed by atoms with Crippen molar-refractivity contribution in [2.45, 2.75) is 0 Å². The molecule has 70 valence electrons. The Morgan fingerprint density at radius 3 is 2.46 bits per heavy atom. The van der Waals surface area contributed by atoms with Gasteiger partial charge in [-0.15, -0.1) is 0 Å². The minimum absolute atomic E-state index is 0.701. The van der Waals surface area contributed by atoms with E-state index in [2.05, 4.69) is 22.5 Å². The summed E-state index contributed by atoms with van der Waals surface area (Å²) < 4.78 is 11.3. The molecule has 13 heavy (non-hydrogen) atoms. The van der Waals surface area contributed by atoms with E-state index in [1.807, 2.05) is 12.1 Å². The summed E-state index contributed by atoms with van der Waals surface area (Å²) in [6, 6.07) is 3.78. The van der Waals surface area contributed by atoms with Crippen molar-refractivity contribution in [2.75, 3.05) is 14.2 Å². The summed E-state index contributed by atoms with van der Waals surface area (Å²) in [4.78, 5) is 0. The lowest BCUT2D eigenvalue weighted by molar-refractivity contribution is 0.354. The van der Waals surface area contributed by atoms with Gasteiger partial charge in [0.15, 0.2) is 11.5 Å². The Labute approximate surface area is 86.3 Å². The molecule has 0 fully saturated rings. The Balaban J connectivity index is 3.33. The molecular formula is C10H11BrO2. The van der Waals surface area contributed by atoms with E-state index in [0.29, 0.717) is 11.5 Å². The van der Waals surface area contributed by atoms with Crippen LogP contribution in [0.5, 0.6) is 11.5 Å². The number of rotatable bonds is 3. The largest absolute Gasteiger partial charge is 0.493 e. The summed E-state index contributed by atoms with van der Waals surface area (Å²) >= 11 is 3.37. The third kappa shape index (κ3) is 2.04. The van der Waals surface area contributed by atoms with Crippen LogP contribution in [0.4, 0.5) is 0 Å². The SMILES string of the molecule is C=Cc1cc(Br)cc(OC)c1OC. The average molecular weight is 243 g/mol. The zero-order chi connectivity index (χ0) is 9.84. The molecule has 0 N–H and O–H groups in total. The van der Waals surface area contributed by atoms with Gasteiger partial charge in [0.2, 0.25) is 0 Å². The maximum Gasteiger partial charge on any atom is 0.167 e. The molecule has 0 atom stereocenters. The monoisotopic (exact) mass is 242 g/mol. The fourth-order valence-electron chi connectivity index (χ4n) is 1.11. The van der Waals surface area contributed by atoms with Gasteiger partial charge in [-0.2, -0.15) is 0 Å². The fraction of sp³-hybridized carbons (Fsp3) is 0.200. The Kier molecular flexibility index (Phi) is 3.37. The van der Waals surface area contributed by atoms with Gasteiger partial charge < -0.3 is 9.47 Å². The molecule has 0 radical (unpaired) electrons. The van der Waals surface area contributed by atoms with E-state index in [9.17, 15) is 0 Å². The summed E-state index contributed by atoms with van der Waals surface area (Å²) in [6.45, 7) is 3.70. The highest BCUT2D eigenvalue weighted by Crippen LogP contribution is 2.34. The van der Waals surface area contributed by atoms with E-state index < -0.39 is 0 Å². The van der Waals surface area contributed by atoms with Gasteiger partial charge in [-0.1, -0.05) is 28.6 Å². The zero-order valence-corrected chi connectivity index (χ0v) is 9.22. The molecule has 0 spiro atoms. The number of halogens is 1. The van der Waals surface area contributed by atoms with E-state index >= 15 is 0 Å². The summed E-state index contributed by atoms with van der Waals surface area (Å²) in [5.41, 5.74) is 0.911. The molecule has 0 heterocycles. The van der Waals surface area contributed by atoms with E-state index in [1.165, 1.54) is 0 Å². The highest BCUT2D eigenvalue weighted by molar-refractivity contribution is 9.10. The molecule has 0 bridgehead atoms. The fourth-order valence-corrected chi connectivity index (χ4v) is 1.57. The smallest absolute Gasteiger partial charge is 0.167 e. The van der Waals surface area contributed by atoms with Crippen molar-refractivity contribution >= 4 is 22.0 Å². The van der Waals surface area contributed by atoms with E-state index in [4.69, 9.17) is 9.47 Å². The van der Waals surface area contributed by atoms with Crippen LogP contribution in [0.1, 0.15) is 5.56 Å². The van der Waals surface area contributed by atoms with Crippen LogP contribution in [0.3, 0.4) is 0 Å². The lowest BCUT2D eigenvalue weighted by atomic mass is 10.2. The van der Waals surface area contributed by atoms with Crippen molar-refractivity contribution in [3.05, 3.63) is 28.7 Å². The van der Waals surface area contributed by atoms with Crippen LogP contribution in [0, 0.1) is 0 Å². The molecule has 1 aromatic carbocycles. The number of methoxy groups -OCH3 is 2. The van der Waals surface area contributed by atoms with E-state index in [0.717, 1.165) is 10.0 Å². The number of hydrogen-bond acceptors (Lipinski definition) is 2. The standard InChI is InChI=1S/C10H11BrO2/c1-4-7-5-8(11)6-9(12-2)10(7)13-3/h4-6H,1H2,2-3H3. The second-order valence-corrected chi connectivity index (χ2v) is 3.35. The van der Waals surface area contributed by atoms with Gasteiger partial charge in [0.25, 0.3) is 0 Å². The lowest BCUT2D eigenvalue weighted by Crippen LogP contribution is -1.92. The first-order valence-corrected chi connectivity index (χ1v) is 4.56. The zero-order valence-electron chi connectivity index (χ0n) is 7.63. The van der Waals surface area contributed by atoms with Gasteiger partial charge in [-0.25, -0.2) is 0 Å². The lowest BCUT2D eigenvalue weighted by Gasteiger charge is -2.10. The Bertz CT molecular complexity index is 321. The van der Waals surface area contributed by atoms with Gasteiger partial charge in [-0.05, 0) is 12.1 Å². The maximum absolute atomic E-state index is 5.20. The number of hydrogen-bond donors (Lipinski definition) is 0. The maximum atomic E-state index is 5.20. The number of ether oxygens (including phenoxy) is 2. The summed E-state index contributed by atoms with van der Waals surface area (Å²) in [7, 11) is 3.22. The minimum atomic E-state index is 0.701. The van der Waals surface area contributed by atoms with Crippen molar-refractivity contribution in [1.29, 1.82) is 0 Å². The topological polar surface area (TPSA) is 18.5 Å². The summed E-state index contributed by atoms with van der Waals surface area (Å²) in [5.74, 6) is 1.41. The molecule has 0 aliphatic carbocycles. The van der Waals surface area contributed by atoms with Crippen molar-refractivity contribution in [2.24, 2.45) is 0 Å². The Hall–Kier alpha value is -0.960. The molecule has 0 aromatic heterocycles. The molecular weight excluding hydrogens is 232 g/mol. The molecule has 0 saturated carbocycles. The molecule has 3 heteroatoms. The first-order chi connectivity index (χ1) is 6.22. The minimum Gasteiger partial charge on any atom is -0.493 e. The molecule has 0 saturated heterocycles. The van der Waals surface area contributed by atoms with Crippen LogP contribution in [-0.2, 0) is 0 Å². The number of benzene rings is 1. The van der Waals surface area contributed by atoms with Crippen LogP contribution in [0.15, 0.2) is 23.2 Å².